The van der Waals surface area contributed by atoms with E-state index in [1.807, 2.05) is 12.1 Å². The van der Waals surface area contributed by atoms with Gasteiger partial charge in [0.05, 0.1) is 6.26 Å². The lowest BCUT2D eigenvalue weighted by Gasteiger charge is -2.35. The van der Waals surface area contributed by atoms with Crippen molar-refractivity contribution in [1.82, 2.24) is 9.62 Å². The lowest BCUT2D eigenvalue weighted by atomic mass is 10.0. The average Bonchev–Trinajstić information content (AvgIpc) is 2.52. The molecule has 0 spiro atoms. The van der Waals surface area contributed by atoms with Crippen LogP contribution < -0.4 is 9.46 Å². The first-order chi connectivity index (χ1) is 10.8. The Balaban J connectivity index is 1.90. The molecule has 1 aliphatic rings. The number of carbonyl (C=O) groups excluding carboxylic acids is 1. The van der Waals surface area contributed by atoms with Gasteiger partial charge in [0, 0.05) is 23.6 Å². The molecule has 1 N–H and O–H groups in total. The van der Waals surface area contributed by atoms with Crippen LogP contribution in [0.15, 0.2) is 28.7 Å². The van der Waals surface area contributed by atoms with Gasteiger partial charge in [-0.05, 0) is 43.5 Å². The summed E-state index contributed by atoms with van der Waals surface area (Å²) in [6.45, 7) is 0.846. The van der Waals surface area contributed by atoms with Crippen molar-refractivity contribution in [2.75, 3.05) is 26.0 Å². The summed E-state index contributed by atoms with van der Waals surface area (Å²) in [5, 5.41) is 0. The van der Waals surface area contributed by atoms with Crippen molar-refractivity contribution >= 4 is 31.9 Å². The molecule has 0 aromatic heterocycles. The normalized spacial score (nSPS) is 18.7. The van der Waals surface area contributed by atoms with E-state index in [0.717, 1.165) is 30.0 Å². The van der Waals surface area contributed by atoms with E-state index in [4.69, 9.17) is 4.74 Å². The highest BCUT2D eigenvalue weighted by Gasteiger charge is 2.27. The lowest BCUT2D eigenvalue weighted by molar-refractivity contribution is -0.136. The third kappa shape index (κ3) is 6.12. The number of hydrogen-bond acceptors (Lipinski definition) is 4. The molecule has 1 unspecified atom stereocenters. The van der Waals surface area contributed by atoms with Gasteiger partial charge in [0.2, 0.25) is 10.0 Å². The fourth-order valence-corrected chi connectivity index (χ4v) is 3.31. The summed E-state index contributed by atoms with van der Waals surface area (Å²) in [5.41, 5.74) is 0. The van der Waals surface area contributed by atoms with E-state index in [1.54, 1.807) is 17.0 Å². The van der Waals surface area contributed by atoms with Crippen LogP contribution in [0, 0.1) is 0 Å². The Morgan fingerprint density at radius 1 is 1.35 bits per heavy atom. The molecule has 8 heteroatoms. The monoisotopic (exact) mass is 404 g/mol. The van der Waals surface area contributed by atoms with Crippen LogP contribution in [0.3, 0.4) is 0 Å². The molecule has 2 rings (SSSR count). The molecule has 1 atom stereocenters. The Labute approximate surface area is 145 Å². The van der Waals surface area contributed by atoms with E-state index >= 15 is 0 Å². The quantitative estimate of drug-likeness (QED) is 0.783. The average molecular weight is 405 g/mol. The fraction of sp³-hybridized carbons (Fsp3) is 0.533. The number of carbonyl (C=O) groups is 1. The first-order valence-corrected chi connectivity index (χ1v) is 10.2. The van der Waals surface area contributed by atoms with Gasteiger partial charge in [-0.25, -0.2) is 13.1 Å². The summed E-state index contributed by atoms with van der Waals surface area (Å²) in [5.74, 6) is 0.511. The van der Waals surface area contributed by atoms with Gasteiger partial charge < -0.3 is 9.64 Å². The molecule has 1 aliphatic heterocycles. The van der Waals surface area contributed by atoms with Crippen LogP contribution in [0.4, 0.5) is 0 Å². The summed E-state index contributed by atoms with van der Waals surface area (Å²) in [6.07, 6.45) is 3.85. The van der Waals surface area contributed by atoms with E-state index in [9.17, 15) is 13.2 Å². The molecule has 6 nitrogen and oxygen atoms in total. The molecule has 0 saturated carbocycles. The molecule has 23 heavy (non-hydrogen) atoms. The van der Waals surface area contributed by atoms with E-state index in [2.05, 4.69) is 20.7 Å². The smallest absolute Gasteiger partial charge is 0.260 e. The van der Waals surface area contributed by atoms with E-state index < -0.39 is 10.0 Å². The van der Waals surface area contributed by atoms with Gasteiger partial charge in [0.25, 0.3) is 5.91 Å². The SMILES string of the molecule is CS(=O)(=O)NCC1CCCCN1C(=O)COc1ccc(Br)cc1. The van der Waals surface area contributed by atoms with Crippen molar-refractivity contribution in [3.05, 3.63) is 28.7 Å². The summed E-state index contributed by atoms with van der Waals surface area (Å²) in [7, 11) is -3.26. The predicted molar refractivity (Wildman–Crippen MR) is 91.8 cm³/mol. The van der Waals surface area contributed by atoms with Gasteiger partial charge in [0.15, 0.2) is 6.61 Å². The number of rotatable bonds is 6. The van der Waals surface area contributed by atoms with Crippen LogP contribution in [0.1, 0.15) is 19.3 Å². The summed E-state index contributed by atoms with van der Waals surface area (Å²) >= 11 is 3.34. The zero-order valence-electron chi connectivity index (χ0n) is 13.0. The second-order valence-electron chi connectivity index (χ2n) is 5.60. The lowest BCUT2D eigenvalue weighted by Crippen LogP contribution is -2.50. The summed E-state index contributed by atoms with van der Waals surface area (Å²) in [4.78, 5) is 14.1. The van der Waals surface area contributed by atoms with Crippen molar-refractivity contribution in [3.63, 3.8) is 0 Å². The molecule has 1 aromatic carbocycles. The third-order valence-electron chi connectivity index (χ3n) is 3.70. The molecule has 0 aliphatic carbocycles. The predicted octanol–water partition coefficient (Wildman–Crippen LogP) is 1.76. The highest BCUT2D eigenvalue weighted by atomic mass is 79.9. The zero-order chi connectivity index (χ0) is 16.9. The van der Waals surface area contributed by atoms with E-state index in [-0.39, 0.29) is 25.1 Å². The Morgan fingerprint density at radius 3 is 2.70 bits per heavy atom. The minimum atomic E-state index is -3.26. The van der Waals surface area contributed by atoms with Gasteiger partial charge in [-0.15, -0.1) is 0 Å². The van der Waals surface area contributed by atoms with Crippen LogP contribution in [0.5, 0.6) is 5.75 Å². The maximum Gasteiger partial charge on any atom is 0.260 e. The van der Waals surface area contributed by atoms with Crippen LogP contribution in [-0.2, 0) is 14.8 Å². The molecule has 1 amide bonds. The molecule has 0 bridgehead atoms. The zero-order valence-corrected chi connectivity index (χ0v) is 15.4. The van der Waals surface area contributed by atoms with Gasteiger partial charge in [-0.3, -0.25) is 4.79 Å². The number of piperidine rings is 1. The number of nitrogens with zero attached hydrogens (tertiary/aromatic N) is 1. The molecule has 1 saturated heterocycles. The maximum absolute atomic E-state index is 12.4. The van der Waals surface area contributed by atoms with E-state index in [1.165, 1.54) is 0 Å². The highest BCUT2D eigenvalue weighted by Crippen LogP contribution is 2.19. The van der Waals surface area contributed by atoms with Crippen LogP contribution >= 0.6 is 15.9 Å². The van der Waals surface area contributed by atoms with Crippen molar-refractivity contribution < 1.29 is 17.9 Å². The van der Waals surface area contributed by atoms with Crippen LogP contribution in [0.25, 0.3) is 0 Å². The van der Waals surface area contributed by atoms with Crippen molar-refractivity contribution in [2.24, 2.45) is 0 Å². The topological polar surface area (TPSA) is 75.7 Å². The van der Waals surface area contributed by atoms with Gasteiger partial charge in [-0.2, -0.15) is 0 Å². The molecule has 1 aromatic rings. The van der Waals surface area contributed by atoms with Gasteiger partial charge >= 0.3 is 0 Å². The Bertz CT molecular complexity index is 633. The highest BCUT2D eigenvalue weighted by molar-refractivity contribution is 9.10. The molecule has 128 valence electrons. The fourth-order valence-electron chi connectivity index (χ4n) is 2.55. The standard InChI is InChI=1S/C15H21BrN2O4S/c1-23(20,21)17-10-13-4-2-3-9-18(13)15(19)11-22-14-7-5-12(16)6-8-14/h5-8,13,17H,2-4,9-11H2,1H3. The van der Waals surface area contributed by atoms with Crippen molar-refractivity contribution in [3.8, 4) is 5.75 Å². The number of nitrogens with one attached hydrogen (secondary N) is 1. The van der Waals surface area contributed by atoms with Crippen molar-refractivity contribution in [2.45, 2.75) is 25.3 Å². The molecule has 1 fully saturated rings. The number of amides is 1. The number of ether oxygens (including phenoxy) is 1. The van der Waals surface area contributed by atoms with Gasteiger partial charge in [-0.1, -0.05) is 15.9 Å². The Morgan fingerprint density at radius 2 is 2.04 bits per heavy atom. The number of halogens is 1. The number of sulfonamides is 1. The summed E-state index contributed by atoms with van der Waals surface area (Å²) < 4.78 is 31.4. The third-order valence-corrected chi connectivity index (χ3v) is 4.92. The first-order valence-electron chi connectivity index (χ1n) is 7.47. The minimum absolute atomic E-state index is 0.0446. The Kier molecular flexibility index (Phi) is 6.43. The van der Waals surface area contributed by atoms with Gasteiger partial charge in [0.1, 0.15) is 5.75 Å². The molecular weight excluding hydrogens is 384 g/mol. The van der Waals surface area contributed by atoms with Crippen LogP contribution in [-0.4, -0.2) is 51.2 Å². The molecule has 1 heterocycles. The second-order valence-corrected chi connectivity index (χ2v) is 8.35. The largest absolute Gasteiger partial charge is 0.484 e. The van der Waals surface area contributed by atoms with E-state index in [0.29, 0.717) is 12.3 Å². The number of benzene rings is 1. The van der Waals surface area contributed by atoms with Crippen LogP contribution in [0.2, 0.25) is 0 Å². The Hall–Kier alpha value is -1.12. The summed E-state index contributed by atoms with van der Waals surface area (Å²) in [6, 6.07) is 7.16. The first kappa shape index (κ1) is 18.2. The number of likely N-dealkylation sites (tertiary alicyclic amines) is 1. The molecular formula is C15H21BrN2O4S. The van der Waals surface area contributed by atoms with Crippen molar-refractivity contribution in [1.29, 1.82) is 0 Å². The molecule has 0 radical (unpaired) electrons. The minimum Gasteiger partial charge on any atom is -0.484 e. The number of hydrogen-bond donors (Lipinski definition) is 1. The second kappa shape index (κ2) is 8.12. The maximum atomic E-state index is 12.4.